The molecule has 0 saturated heterocycles. The van der Waals surface area contributed by atoms with Crippen molar-refractivity contribution in [3.63, 3.8) is 0 Å². The van der Waals surface area contributed by atoms with Gasteiger partial charge in [0.05, 0.1) is 17.9 Å². The molecule has 0 spiro atoms. The van der Waals surface area contributed by atoms with Crippen molar-refractivity contribution in [3.8, 4) is 0 Å². The molecule has 0 fully saturated rings. The number of hydrogen-bond donors (Lipinski definition) is 1. The Labute approximate surface area is 200 Å². The quantitative estimate of drug-likeness (QED) is 0.298. The zero-order valence-corrected chi connectivity index (χ0v) is 19.7. The number of carboxylic acids is 1. The number of anilines is 1. The van der Waals surface area contributed by atoms with Crippen LogP contribution in [0.2, 0.25) is 0 Å². The Kier molecular flexibility index (Phi) is 8.00. The van der Waals surface area contributed by atoms with Gasteiger partial charge in [-0.1, -0.05) is 19.1 Å². The van der Waals surface area contributed by atoms with Crippen molar-refractivity contribution in [1.82, 2.24) is 15.3 Å². The number of carboxylic acid groups (broad SMARTS) is 1. The number of aliphatic carboxylic acids is 1. The number of hydrogen-bond acceptors (Lipinski definition) is 10. The fraction of sp³-hybridized carbons (Fsp3) is 0.304. The molecular weight excluding hydrogens is 460 g/mol. The van der Waals surface area contributed by atoms with Crippen LogP contribution in [0.5, 0.6) is 0 Å². The summed E-state index contributed by atoms with van der Waals surface area (Å²) >= 11 is 0.889. The lowest BCUT2D eigenvalue weighted by Crippen LogP contribution is -2.35. The number of benzene rings is 1. The molecule has 1 N–H and O–H groups in total. The SMILES string of the molecule is CCCOC(=O)c1ccccc1N1C(=O)C(NCCC(=O)[O-])=C(Sc2nc(C)cc(C)n2)C1=O. The molecule has 2 heterocycles. The van der Waals surface area contributed by atoms with E-state index < -0.39 is 23.8 Å². The second-order valence-electron chi connectivity index (χ2n) is 7.39. The monoisotopic (exact) mass is 483 g/mol. The van der Waals surface area contributed by atoms with E-state index in [0.717, 1.165) is 16.7 Å². The third-order valence-electron chi connectivity index (χ3n) is 4.63. The summed E-state index contributed by atoms with van der Waals surface area (Å²) < 4.78 is 5.20. The van der Waals surface area contributed by atoms with E-state index in [-0.39, 0.29) is 46.6 Å². The number of rotatable bonds is 10. The maximum atomic E-state index is 13.4. The topological polar surface area (TPSA) is 142 Å². The number of nitrogens with zero attached hydrogens (tertiary/aromatic N) is 3. The number of esters is 1. The molecule has 0 radical (unpaired) electrons. The van der Waals surface area contributed by atoms with Crippen molar-refractivity contribution in [1.29, 1.82) is 0 Å². The average molecular weight is 484 g/mol. The summed E-state index contributed by atoms with van der Waals surface area (Å²) in [5, 5.41) is 13.8. The van der Waals surface area contributed by atoms with Crippen LogP contribution in [0.1, 0.15) is 41.5 Å². The molecular formula is C23H23N4O6S-. The summed E-state index contributed by atoms with van der Waals surface area (Å²) in [6, 6.07) is 7.90. The van der Waals surface area contributed by atoms with Crippen LogP contribution in [0.3, 0.4) is 0 Å². The van der Waals surface area contributed by atoms with Crippen LogP contribution >= 0.6 is 11.8 Å². The zero-order chi connectivity index (χ0) is 24.8. The molecule has 0 saturated carbocycles. The van der Waals surface area contributed by atoms with Gasteiger partial charge in [-0.2, -0.15) is 0 Å². The Morgan fingerprint density at radius 3 is 2.44 bits per heavy atom. The smallest absolute Gasteiger partial charge is 0.340 e. The second-order valence-corrected chi connectivity index (χ2v) is 8.36. The van der Waals surface area contributed by atoms with Gasteiger partial charge in [-0.05, 0) is 50.2 Å². The fourth-order valence-electron chi connectivity index (χ4n) is 3.21. The highest BCUT2D eigenvalue weighted by Gasteiger charge is 2.42. The van der Waals surface area contributed by atoms with Gasteiger partial charge >= 0.3 is 5.97 Å². The van der Waals surface area contributed by atoms with Gasteiger partial charge in [0, 0.05) is 30.3 Å². The van der Waals surface area contributed by atoms with E-state index in [4.69, 9.17) is 4.74 Å². The molecule has 2 aromatic rings. The molecule has 11 heteroatoms. The first kappa shape index (κ1) is 24.9. The molecule has 1 aromatic heterocycles. The lowest BCUT2D eigenvalue weighted by atomic mass is 10.1. The molecule has 1 aromatic carbocycles. The van der Waals surface area contributed by atoms with E-state index in [1.807, 2.05) is 6.92 Å². The van der Waals surface area contributed by atoms with Crippen LogP contribution < -0.4 is 15.3 Å². The number of thioether (sulfide) groups is 1. The molecule has 1 aliphatic rings. The molecule has 10 nitrogen and oxygen atoms in total. The van der Waals surface area contributed by atoms with Crippen LogP contribution in [0, 0.1) is 13.8 Å². The molecule has 0 bridgehead atoms. The van der Waals surface area contributed by atoms with Crippen molar-refractivity contribution in [2.45, 2.75) is 38.8 Å². The number of aryl methyl sites for hydroxylation is 2. The molecule has 0 aliphatic carbocycles. The van der Waals surface area contributed by atoms with Crippen LogP contribution in [-0.4, -0.2) is 46.9 Å². The van der Waals surface area contributed by atoms with E-state index in [1.165, 1.54) is 12.1 Å². The highest BCUT2D eigenvalue weighted by molar-refractivity contribution is 8.04. The third kappa shape index (κ3) is 5.60. The van der Waals surface area contributed by atoms with Crippen LogP contribution in [0.25, 0.3) is 0 Å². The van der Waals surface area contributed by atoms with Crippen molar-refractivity contribution in [2.75, 3.05) is 18.1 Å². The van der Waals surface area contributed by atoms with Crippen LogP contribution in [0.4, 0.5) is 5.69 Å². The van der Waals surface area contributed by atoms with E-state index in [1.54, 1.807) is 32.0 Å². The van der Waals surface area contributed by atoms with Gasteiger partial charge in [0.15, 0.2) is 5.16 Å². The number of amides is 2. The Morgan fingerprint density at radius 2 is 1.79 bits per heavy atom. The van der Waals surface area contributed by atoms with Crippen molar-refractivity contribution < 1.29 is 29.0 Å². The second kappa shape index (κ2) is 10.9. The number of imide groups is 1. The van der Waals surface area contributed by atoms with Crippen LogP contribution in [-0.2, 0) is 19.1 Å². The molecule has 1 aliphatic heterocycles. The van der Waals surface area contributed by atoms with Gasteiger partial charge in [-0.25, -0.2) is 19.7 Å². The summed E-state index contributed by atoms with van der Waals surface area (Å²) in [5.41, 5.74) is 1.38. The summed E-state index contributed by atoms with van der Waals surface area (Å²) in [5.74, 6) is -3.39. The van der Waals surface area contributed by atoms with E-state index in [9.17, 15) is 24.3 Å². The number of carbonyl (C=O) groups excluding carboxylic acids is 4. The third-order valence-corrected chi connectivity index (χ3v) is 5.58. The minimum atomic E-state index is -1.31. The highest BCUT2D eigenvalue weighted by Crippen LogP contribution is 2.36. The van der Waals surface area contributed by atoms with Gasteiger partial charge in [0.1, 0.15) is 10.6 Å². The maximum Gasteiger partial charge on any atom is 0.340 e. The molecule has 2 amide bonds. The van der Waals surface area contributed by atoms with Gasteiger partial charge in [0.25, 0.3) is 11.8 Å². The summed E-state index contributed by atoms with van der Waals surface area (Å²) in [7, 11) is 0. The van der Waals surface area contributed by atoms with Crippen molar-refractivity contribution in [2.24, 2.45) is 0 Å². The summed E-state index contributed by atoms with van der Waals surface area (Å²) in [4.78, 5) is 59.7. The molecule has 0 atom stereocenters. The minimum absolute atomic E-state index is 0.00919. The lowest BCUT2D eigenvalue weighted by Gasteiger charge is -2.18. The minimum Gasteiger partial charge on any atom is -0.550 e. The first-order chi connectivity index (χ1) is 16.2. The highest BCUT2D eigenvalue weighted by atomic mass is 32.2. The Bertz CT molecular complexity index is 1160. The maximum absolute atomic E-state index is 13.4. The molecule has 0 unspecified atom stereocenters. The van der Waals surface area contributed by atoms with E-state index in [2.05, 4.69) is 15.3 Å². The number of ether oxygens (including phenoxy) is 1. The van der Waals surface area contributed by atoms with Gasteiger partial charge in [0.2, 0.25) is 0 Å². The zero-order valence-electron chi connectivity index (χ0n) is 18.9. The summed E-state index contributed by atoms with van der Waals surface area (Å²) in [6.45, 7) is 5.45. The standard InChI is InChI=1S/C23H24N4O6S/c1-4-11-33-22(32)15-7-5-6-8-16(15)27-20(30)18(24-10-9-17(28)29)19(21(27)31)34-23-25-13(2)12-14(3)26-23/h5-8,12,24H,4,9-11H2,1-3H3,(H,28,29)/p-1. The van der Waals surface area contributed by atoms with Crippen LogP contribution in [0.15, 0.2) is 46.1 Å². The van der Waals surface area contributed by atoms with Crippen molar-refractivity contribution >= 4 is 41.2 Å². The average Bonchev–Trinajstić information content (AvgIpc) is 3.00. The van der Waals surface area contributed by atoms with Gasteiger partial charge in [-0.15, -0.1) is 0 Å². The van der Waals surface area contributed by atoms with Gasteiger partial charge < -0.3 is 20.0 Å². The molecule has 34 heavy (non-hydrogen) atoms. The lowest BCUT2D eigenvalue weighted by molar-refractivity contribution is -0.305. The molecule has 178 valence electrons. The Balaban J connectivity index is 2.00. The predicted octanol–water partition coefficient (Wildman–Crippen LogP) is 1.27. The molecule has 3 rings (SSSR count). The van der Waals surface area contributed by atoms with Gasteiger partial charge in [-0.3, -0.25) is 9.59 Å². The van der Waals surface area contributed by atoms with Crippen molar-refractivity contribution in [3.05, 3.63) is 57.9 Å². The Hall–Kier alpha value is -3.73. The first-order valence-electron chi connectivity index (χ1n) is 10.6. The predicted molar refractivity (Wildman–Crippen MR) is 122 cm³/mol. The number of carbonyl (C=O) groups is 4. The van der Waals surface area contributed by atoms with E-state index >= 15 is 0 Å². The largest absolute Gasteiger partial charge is 0.550 e. The fourth-order valence-corrected chi connectivity index (χ4v) is 4.21. The Morgan fingerprint density at radius 1 is 1.12 bits per heavy atom. The number of aromatic nitrogens is 2. The normalized spacial score (nSPS) is 13.4. The first-order valence-corrected chi connectivity index (χ1v) is 11.4. The number of nitrogens with one attached hydrogen (secondary N) is 1. The van der Waals surface area contributed by atoms with E-state index in [0.29, 0.717) is 17.8 Å². The number of para-hydroxylation sites is 1. The summed E-state index contributed by atoms with van der Waals surface area (Å²) in [6.07, 6.45) is 0.239.